The van der Waals surface area contributed by atoms with Crippen molar-refractivity contribution in [3.05, 3.63) is 83.9 Å². The predicted molar refractivity (Wildman–Crippen MR) is 111 cm³/mol. The van der Waals surface area contributed by atoms with Gasteiger partial charge in [-0.05, 0) is 42.8 Å². The molecule has 4 rings (SSSR count). The number of para-hydroxylation sites is 1. The van der Waals surface area contributed by atoms with E-state index >= 15 is 0 Å². The molecule has 0 N–H and O–H groups in total. The van der Waals surface area contributed by atoms with Crippen LogP contribution in [0.5, 0.6) is 11.8 Å². The van der Waals surface area contributed by atoms with E-state index in [1.54, 1.807) is 6.20 Å². The van der Waals surface area contributed by atoms with Crippen LogP contribution < -0.4 is 4.74 Å². The van der Waals surface area contributed by atoms with Gasteiger partial charge in [-0.25, -0.2) is 14.4 Å². The van der Waals surface area contributed by atoms with E-state index in [1.165, 1.54) is 12.1 Å². The second kappa shape index (κ2) is 8.41. The van der Waals surface area contributed by atoms with Crippen molar-refractivity contribution >= 4 is 11.3 Å². The van der Waals surface area contributed by atoms with Gasteiger partial charge < -0.3 is 9.75 Å². The van der Waals surface area contributed by atoms with Crippen molar-refractivity contribution in [3.63, 3.8) is 0 Å². The largest absolute Gasteiger partial charge is 0.424 e. The number of hydrogen-bond donors (Lipinski definition) is 0. The number of rotatable bonds is 6. The molecule has 1 aliphatic rings. The zero-order valence-corrected chi connectivity index (χ0v) is 16.5. The lowest BCUT2D eigenvalue weighted by Gasteiger charge is -2.30. The first kappa shape index (κ1) is 19.1. The van der Waals surface area contributed by atoms with Gasteiger partial charge in [0.2, 0.25) is 0 Å². The summed E-state index contributed by atoms with van der Waals surface area (Å²) in [7, 11) is 0. The Kier molecular flexibility index (Phi) is 5.53. The average Bonchev–Trinajstić information content (AvgIpc) is 3.14. The van der Waals surface area contributed by atoms with Crippen molar-refractivity contribution in [2.75, 3.05) is 19.6 Å². The Bertz CT molecular complexity index is 1000. The fourth-order valence-corrected chi connectivity index (χ4v) is 3.56. The van der Waals surface area contributed by atoms with Gasteiger partial charge in [0.15, 0.2) is 0 Å². The lowest BCUT2D eigenvalue weighted by molar-refractivity contribution is 0.0753. The van der Waals surface area contributed by atoms with Gasteiger partial charge in [0.25, 0.3) is 0 Å². The number of nitrogens with zero attached hydrogens (tertiary/aromatic N) is 4. The Labute approximate surface area is 170 Å². The Morgan fingerprint density at radius 2 is 1.72 bits per heavy atom. The van der Waals surface area contributed by atoms with Crippen LogP contribution in [0.1, 0.15) is 25.1 Å². The Balaban J connectivity index is 1.77. The van der Waals surface area contributed by atoms with Crippen LogP contribution in [-0.4, -0.2) is 39.6 Å². The normalized spacial score (nSPS) is 14.5. The number of likely N-dealkylation sites (N-methyl/N-ethyl adjacent to an activating group) is 1. The lowest BCUT2D eigenvalue weighted by Crippen LogP contribution is -2.36. The summed E-state index contributed by atoms with van der Waals surface area (Å²) in [6.45, 7) is 6.63. The van der Waals surface area contributed by atoms with E-state index in [9.17, 15) is 4.39 Å². The van der Waals surface area contributed by atoms with Gasteiger partial charge in [-0.1, -0.05) is 37.3 Å². The standard InChI is InChI=1S/C23H23FN4O/c1-3-27-16-20(17-10-12-18(24)13-11-17)22(28(27)4-2)21-14-15-25-23(26-21)29-19-8-6-5-7-9-19/h5-15H,3-4,16H2,1-2H3. The first-order valence-corrected chi connectivity index (χ1v) is 9.77. The van der Waals surface area contributed by atoms with E-state index in [2.05, 4.69) is 33.8 Å². The van der Waals surface area contributed by atoms with Crippen molar-refractivity contribution < 1.29 is 9.13 Å². The number of hydrazine groups is 1. The molecule has 0 amide bonds. The molecule has 0 bridgehead atoms. The summed E-state index contributed by atoms with van der Waals surface area (Å²) >= 11 is 0. The maximum atomic E-state index is 13.5. The summed E-state index contributed by atoms with van der Waals surface area (Å²) in [6.07, 6.45) is 1.71. The molecule has 0 atom stereocenters. The van der Waals surface area contributed by atoms with Crippen LogP contribution in [0.25, 0.3) is 11.3 Å². The molecule has 6 heteroatoms. The van der Waals surface area contributed by atoms with E-state index in [1.807, 2.05) is 48.5 Å². The molecule has 0 saturated heterocycles. The Hall–Kier alpha value is -3.25. The third kappa shape index (κ3) is 3.98. The number of ether oxygens (including phenoxy) is 1. The number of halogens is 1. The molecule has 29 heavy (non-hydrogen) atoms. The number of aromatic nitrogens is 2. The highest BCUT2D eigenvalue weighted by molar-refractivity contribution is 5.91. The quantitative estimate of drug-likeness (QED) is 0.602. The predicted octanol–water partition coefficient (Wildman–Crippen LogP) is 4.85. The first-order chi connectivity index (χ1) is 14.2. The van der Waals surface area contributed by atoms with Crippen molar-refractivity contribution in [1.29, 1.82) is 0 Å². The maximum Gasteiger partial charge on any atom is 0.322 e. The Morgan fingerprint density at radius 1 is 0.966 bits per heavy atom. The maximum absolute atomic E-state index is 13.5. The van der Waals surface area contributed by atoms with Crippen molar-refractivity contribution in [3.8, 4) is 11.8 Å². The topological polar surface area (TPSA) is 41.5 Å². The van der Waals surface area contributed by atoms with Gasteiger partial charge in [0.05, 0.1) is 11.4 Å². The molecule has 0 unspecified atom stereocenters. The summed E-state index contributed by atoms with van der Waals surface area (Å²) < 4.78 is 19.3. The van der Waals surface area contributed by atoms with Crippen molar-refractivity contribution in [2.45, 2.75) is 13.8 Å². The zero-order valence-electron chi connectivity index (χ0n) is 16.5. The van der Waals surface area contributed by atoms with E-state index in [-0.39, 0.29) is 5.82 Å². The van der Waals surface area contributed by atoms with Gasteiger partial charge >= 0.3 is 6.01 Å². The van der Waals surface area contributed by atoms with E-state index in [0.717, 1.165) is 42.2 Å². The summed E-state index contributed by atoms with van der Waals surface area (Å²) in [6, 6.07) is 18.3. The summed E-state index contributed by atoms with van der Waals surface area (Å²) in [5.41, 5.74) is 3.88. The molecule has 0 saturated carbocycles. The molecule has 0 fully saturated rings. The molecule has 1 aliphatic heterocycles. The first-order valence-electron chi connectivity index (χ1n) is 9.77. The summed E-state index contributed by atoms with van der Waals surface area (Å²) in [5, 5.41) is 4.47. The van der Waals surface area contributed by atoms with E-state index < -0.39 is 0 Å². The van der Waals surface area contributed by atoms with Crippen molar-refractivity contribution in [1.82, 2.24) is 20.0 Å². The van der Waals surface area contributed by atoms with Crippen LogP contribution in [0.2, 0.25) is 0 Å². The molecule has 1 aromatic heterocycles. The highest BCUT2D eigenvalue weighted by atomic mass is 19.1. The molecule has 0 spiro atoms. The van der Waals surface area contributed by atoms with Crippen LogP contribution in [0, 0.1) is 5.82 Å². The molecule has 148 valence electrons. The summed E-state index contributed by atoms with van der Waals surface area (Å²) in [4.78, 5) is 8.94. The SMILES string of the molecule is CCN1CC(c2ccc(F)cc2)=C(c2ccnc(Oc3ccccc3)n2)N1CC. The molecule has 0 radical (unpaired) electrons. The minimum atomic E-state index is -0.242. The summed E-state index contributed by atoms with van der Waals surface area (Å²) in [5.74, 6) is 0.445. The molecule has 2 aromatic carbocycles. The van der Waals surface area contributed by atoms with Gasteiger partial charge in [0, 0.05) is 31.4 Å². The van der Waals surface area contributed by atoms with Crippen LogP contribution >= 0.6 is 0 Å². The minimum absolute atomic E-state index is 0.242. The second-order valence-corrected chi connectivity index (χ2v) is 6.67. The molecule has 2 heterocycles. The molecular weight excluding hydrogens is 367 g/mol. The lowest BCUT2D eigenvalue weighted by atomic mass is 10.0. The highest BCUT2D eigenvalue weighted by Gasteiger charge is 2.30. The van der Waals surface area contributed by atoms with Gasteiger partial charge in [-0.3, -0.25) is 0 Å². The average molecular weight is 390 g/mol. The van der Waals surface area contributed by atoms with Crippen molar-refractivity contribution in [2.24, 2.45) is 0 Å². The fourth-order valence-electron chi connectivity index (χ4n) is 3.56. The van der Waals surface area contributed by atoms with Crippen LogP contribution in [0.15, 0.2) is 66.9 Å². The van der Waals surface area contributed by atoms with Gasteiger partial charge in [-0.2, -0.15) is 4.98 Å². The third-order valence-electron chi connectivity index (χ3n) is 4.91. The minimum Gasteiger partial charge on any atom is -0.424 e. The second-order valence-electron chi connectivity index (χ2n) is 6.67. The molecule has 0 aliphatic carbocycles. The zero-order chi connectivity index (χ0) is 20.2. The molecule has 3 aromatic rings. The van der Waals surface area contributed by atoms with Gasteiger partial charge in [-0.15, -0.1) is 0 Å². The monoisotopic (exact) mass is 390 g/mol. The van der Waals surface area contributed by atoms with E-state index in [4.69, 9.17) is 4.74 Å². The molecular formula is C23H23FN4O. The van der Waals surface area contributed by atoms with Crippen LogP contribution in [-0.2, 0) is 0 Å². The number of benzene rings is 2. The Morgan fingerprint density at radius 3 is 2.41 bits per heavy atom. The van der Waals surface area contributed by atoms with E-state index in [0.29, 0.717) is 11.8 Å². The smallest absolute Gasteiger partial charge is 0.322 e. The van der Waals surface area contributed by atoms with Crippen LogP contribution in [0.3, 0.4) is 0 Å². The van der Waals surface area contributed by atoms with Crippen LogP contribution in [0.4, 0.5) is 4.39 Å². The van der Waals surface area contributed by atoms with Gasteiger partial charge in [0.1, 0.15) is 11.6 Å². The third-order valence-corrected chi connectivity index (χ3v) is 4.91. The molecule has 5 nitrogen and oxygen atoms in total. The highest BCUT2D eigenvalue weighted by Crippen LogP contribution is 2.36. The number of hydrogen-bond acceptors (Lipinski definition) is 5. The fraction of sp³-hybridized carbons (Fsp3) is 0.217.